The molecule has 0 bridgehead atoms. The van der Waals surface area contributed by atoms with E-state index in [2.05, 4.69) is 15.1 Å². The number of aliphatic hydroxyl groups is 1. The number of aryl methyl sites for hydroxylation is 2. The van der Waals surface area contributed by atoms with Crippen LogP contribution in [0.1, 0.15) is 17.5 Å². The molecule has 0 aliphatic carbocycles. The van der Waals surface area contributed by atoms with E-state index in [9.17, 15) is 5.11 Å². The molecule has 1 aliphatic heterocycles. The van der Waals surface area contributed by atoms with Gasteiger partial charge in [-0.1, -0.05) is 12.1 Å². The highest BCUT2D eigenvalue weighted by Gasteiger charge is 2.26. The molecular formula is C17H24N4O3. The van der Waals surface area contributed by atoms with Crippen LogP contribution in [0.15, 0.2) is 30.6 Å². The van der Waals surface area contributed by atoms with E-state index in [4.69, 9.17) is 9.47 Å². The lowest BCUT2D eigenvalue weighted by Crippen LogP contribution is -2.44. The summed E-state index contributed by atoms with van der Waals surface area (Å²) in [4.78, 5) is 2.17. The molecule has 1 N–H and O–H groups in total. The van der Waals surface area contributed by atoms with Crippen LogP contribution in [0.2, 0.25) is 0 Å². The highest BCUT2D eigenvalue weighted by Crippen LogP contribution is 2.20. The molecule has 0 radical (unpaired) electrons. The Morgan fingerprint density at radius 2 is 2.33 bits per heavy atom. The van der Waals surface area contributed by atoms with Gasteiger partial charge in [0.25, 0.3) is 0 Å². The fourth-order valence-corrected chi connectivity index (χ4v) is 2.86. The lowest BCUT2D eigenvalue weighted by Gasteiger charge is -2.33. The van der Waals surface area contributed by atoms with E-state index in [-0.39, 0.29) is 12.7 Å². The Labute approximate surface area is 141 Å². The van der Waals surface area contributed by atoms with E-state index in [1.165, 1.54) is 0 Å². The van der Waals surface area contributed by atoms with Gasteiger partial charge < -0.3 is 19.1 Å². The van der Waals surface area contributed by atoms with Crippen molar-refractivity contribution in [3.8, 4) is 5.75 Å². The molecule has 130 valence electrons. The van der Waals surface area contributed by atoms with E-state index >= 15 is 0 Å². The van der Waals surface area contributed by atoms with Crippen molar-refractivity contribution in [2.24, 2.45) is 7.05 Å². The van der Waals surface area contributed by atoms with Crippen molar-refractivity contribution < 1.29 is 14.6 Å². The zero-order valence-electron chi connectivity index (χ0n) is 14.1. The molecule has 0 saturated carbocycles. The van der Waals surface area contributed by atoms with Gasteiger partial charge in [-0.05, 0) is 24.6 Å². The lowest BCUT2D eigenvalue weighted by atomic mass is 10.2. The van der Waals surface area contributed by atoms with Gasteiger partial charge in [0.05, 0.1) is 6.61 Å². The molecule has 0 spiro atoms. The number of hydrogen-bond donors (Lipinski definition) is 1. The predicted molar refractivity (Wildman–Crippen MR) is 88.8 cm³/mol. The van der Waals surface area contributed by atoms with Gasteiger partial charge in [-0.15, -0.1) is 10.2 Å². The number of aliphatic hydroxyl groups excluding tert-OH is 1. The molecule has 2 atom stereocenters. The first-order valence-electron chi connectivity index (χ1n) is 8.17. The molecule has 1 aromatic heterocycles. The average Bonchev–Trinajstić information content (AvgIpc) is 2.99. The Balaban J connectivity index is 1.49. The van der Waals surface area contributed by atoms with Crippen molar-refractivity contribution in [2.75, 3.05) is 32.8 Å². The van der Waals surface area contributed by atoms with Gasteiger partial charge in [0.15, 0.2) is 5.82 Å². The normalized spacial score (nSPS) is 20.0. The number of β-amino-alcohol motifs (C(OH)–C–C–N with tert-alkyl or cyclic N) is 1. The van der Waals surface area contributed by atoms with Crippen LogP contribution in [0, 0.1) is 6.92 Å². The number of aromatic nitrogens is 3. The molecule has 7 heteroatoms. The van der Waals surface area contributed by atoms with Gasteiger partial charge in [0.2, 0.25) is 0 Å². The summed E-state index contributed by atoms with van der Waals surface area (Å²) >= 11 is 0. The minimum atomic E-state index is -0.552. The molecule has 2 aromatic rings. The van der Waals surface area contributed by atoms with E-state index in [1.807, 2.05) is 42.8 Å². The monoisotopic (exact) mass is 332 g/mol. The number of benzene rings is 1. The van der Waals surface area contributed by atoms with Gasteiger partial charge in [-0.2, -0.15) is 0 Å². The third-order valence-corrected chi connectivity index (χ3v) is 4.09. The summed E-state index contributed by atoms with van der Waals surface area (Å²) in [5.74, 6) is 1.60. The maximum Gasteiger partial charge on any atom is 0.163 e. The average molecular weight is 332 g/mol. The number of rotatable bonds is 6. The van der Waals surface area contributed by atoms with Crippen molar-refractivity contribution in [1.29, 1.82) is 0 Å². The predicted octanol–water partition coefficient (Wildman–Crippen LogP) is 0.937. The third kappa shape index (κ3) is 4.31. The highest BCUT2D eigenvalue weighted by molar-refractivity contribution is 5.27. The number of nitrogens with zero attached hydrogens (tertiary/aromatic N) is 4. The van der Waals surface area contributed by atoms with Crippen molar-refractivity contribution in [3.63, 3.8) is 0 Å². The molecule has 0 amide bonds. The van der Waals surface area contributed by atoms with Crippen molar-refractivity contribution in [1.82, 2.24) is 19.7 Å². The highest BCUT2D eigenvalue weighted by atomic mass is 16.5. The van der Waals surface area contributed by atoms with E-state index in [0.717, 1.165) is 23.7 Å². The largest absolute Gasteiger partial charge is 0.491 e. The standard InChI is InChI=1S/C17H24N4O3/c1-13-4-3-5-15(8-13)24-11-14(22)9-21-6-7-23-16(10-21)17-19-18-12-20(17)2/h3-5,8,12,14,16,22H,6-7,9-11H2,1-2H3. The summed E-state index contributed by atoms with van der Waals surface area (Å²) in [6, 6.07) is 7.83. The first-order valence-corrected chi connectivity index (χ1v) is 8.17. The van der Waals surface area contributed by atoms with Crippen molar-refractivity contribution in [2.45, 2.75) is 19.1 Å². The summed E-state index contributed by atoms with van der Waals surface area (Å²) in [6.45, 7) is 4.93. The van der Waals surface area contributed by atoms with Gasteiger partial charge in [0.1, 0.15) is 30.9 Å². The first kappa shape index (κ1) is 16.9. The quantitative estimate of drug-likeness (QED) is 0.849. The molecule has 1 saturated heterocycles. The third-order valence-electron chi connectivity index (χ3n) is 4.09. The Morgan fingerprint density at radius 1 is 1.46 bits per heavy atom. The Bertz CT molecular complexity index is 661. The van der Waals surface area contributed by atoms with Crippen LogP contribution in [-0.4, -0.2) is 63.7 Å². The summed E-state index contributed by atoms with van der Waals surface area (Å²) in [5.41, 5.74) is 1.14. The number of hydrogen-bond acceptors (Lipinski definition) is 6. The Hall–Kier alpha value is -1.96. The smallest absolute Gasteiger partial charge is 0.163 e. The maximum absolute atomic E-state index is 10.3. The second kappa shape index (κ2) is 7.74. The molecule has 1 aliphatic rings. The van der Waals surface area contributed by atoms with Gasteiger partial charge in [-0.3, -0.25) is 4.90 Å². The Morgan fingerprint density at radius 3 is 3.08 bits per heavy atom. The zero-order chi connectivity index (χ0) is 16.9. The van der Waals surface area contributed by atoms with Gasteiger partial charge >= 0.3 is 0 Å². The molecule has 1 aromatic carbocycles. The molecular weight excluding hydrogens is 308 g/mol. The Kier molecular flexibility index (Phi) is 5.44. The first-order chi connectivity index (χ1) is 11.6. The topological polar surface area (TPSA) is 72.6 Å². The minimum absolute atomic E-state index is 0.115. The summed E-state index contributed by atoms with van der Waals surface area (Å²) < 4.78 is 13.3. The second-order valence-electron chi connectivity index (χ2n) is 6.20. The van der Waals surface area contributed by atoms with E-state index in [1.54, 1.807) is 6.33 Å². The fourth-order valence-electron chi connectivity index (χ4n) is 2.86. The number of morpholine rings is 1. The summed E-state index contributed by atoms with van der Waals surface area (Å²) in [5, 5.41) is 18.3. The van der Waals surface area contributed by atoms with Crippen LogP contribution in [0.3, 0.4) is 0 Å². The van der Waals surface area contributed by atoms with Crippen molar-refractivity contribution >= 4 is 0 Å². The van der Waals surface area contributed by atoms with Crippen LogP contribution in [0.4, 0.5) is 0 Å². The molecule has 2 heterocycles. The summed E-state index contributed by atoms with van der Waals surface area (Å²) in [7, 11) is 1.90. The van der Waals surface area contributed by atoms with Crippen LogP contribution in [0.25, 0.3) is 0 Å². The minimum Gasteiger partial charge on any atom is -0.491 e. The lowest BCUT2D eigenvalue weighted by molar-refractivity contribution is -0.0506. The SMILES string of the molecule is Cc1cccc(OCC(O)CN2CCOC(c3nncn3C)C2)c1. The van der Waals surface area contributed by atoms with Crippen LogP contribution in [0.5, 0.6) is 5.75 Å². The molecule has 24 heavy (non-hydrogen) atoms. The van der Waals surface area contributed by atoms with Gasteiger partial charge in [0, 0.05) is 26.7 Å². The summed E-state index contributed by atoms with van der Waals surface area (Å²) in [6.07, 6.45) is 1.00. The van der Waals surface area contributed by atoms with Gasteiger partial charge in [-0.25, -0.2) is 0 Å². The van der Waals surface area contributed by atoms with Crippen LogP contribution >= 0.6 is 0 Å². The van der Waals surface area contributed by atoms with Crippen LogP contribution in [-0.2, 0) is 11.8 Å². The van der Waals surface area contributed by atoms with Crippen LogP contribution < -0.4 is 4.74 Å². The van der Waals surface area contributed by atoms with Crippen molar-refractivity contribution in [3.05, 3.63) is 42.0 Å². The molecule has 1 fully saturated rings. The van der Waals surface area contributed by atoms with E-state index < -0.39 is 6.10 Å². The number of ether oxygens (including phenoxy) is 2. The second-order valence-corrected chi connectivity index (χ2v) is 6.20. The molecule has 7 nitrogen and oxygen atoms in total. The maximum atomic E-state index is 10.3. The molecule has 3 rings (SSSR count). The van der Waals surface area contributed by atoms with E-state index in [0.29, 0.717) is 19.7 Å². The zero-order valence-corrected chi connectivity index (χ0v) is 14.1. The fraction of sp³-hybridized carbons (Fsp3) is 0.529. The molecule has 2 unspecified atom stereocenters.